The van der Waals surface area contributed by atoms with Gasteiger partial charge in [-0.15, -0.1) is 0 Å². The monoisotopic (exact) mass is 534 g/mol. The van der Waals surface area contributed by atoms with E-state index < -0.39 is 49.3 Å². The predicted octanol–water partition coefficient (Wildman–Crippen LogP) is -2.79. The number of alkyl halides is 1. The number of amides is 1. The van der Waals surface area contributed by atoms with Gasteiger partial charge in [-0.05, 0) is 0 Å². The van der Waals surface area contributed by atoms with Crippen molar-refractivity contribution in [1.29, 1.82) is 0 Å². The molecule has 0 heterocycles. The Morgan fingerprint density at radius 1 is 1.23 bits per heavy atom. The van der Waals surface area contributed by atoms with Gasteiger partial charge in [0.1, 0.15) is 0 Å². The molecular weight excluding hydrogens is 509 g/mol. The van der Waals surface area contributed by atoms with Crippen LogP contribution in [0.5, 0.6) is 11.5 Å². The van der Waals surface area contributed by atoms with E-state index in [2.05, 4.69) is 5.32 Å². The number of halogens is 1. The summed E-state index contributed by atoms with van der Waals surface area (Å²) in [4.78, 5) is 25.1. The average molecular weight is 534 g/mol. The average Bonchev–Trinajstić information content (AvgIpc) is 3.52. The van der Waals surface area contributed by atoms with Gasteiger partial charge in [0.15, 0.2) is 0 Å². The first-order valence-electron chi connectivity index (χ1n) is 9.50. The molecule has 3 rings (SSSR count). The molecule has 2 saturated carbocycles. The van der Waals surface area contributed by atoms with Crippen LogP contribution in [0.2, 0.25) is 0 Å². The van der Waals surface area contributed by atoms with Crippen molar-refractivity contribution in [3.05, 3.63) is 29.8 Å². The number of carbonyl (C=O) groups excluding carboxylic acids is 2. The first kappa shape index (κ1) is 22.8. The number of phenols is 2. The van der Waals surface area contributed by atoms with Gasteiger partial charge >= 0.3 is 185 Å². The number of esters is 1. The van der Waals surface area contributed by atoms with Crippen LogP contribution < -0.4 is 26.9 Å². The molecule has 3 unspecified atom stereocenters. The molecule has 0 radical (unpaired) electrons. The Hall–Kier alpha value is -1.89. The van der Waals surface area contributed by atoms with Crippen molar-refractivity contribution in [2.75, 3.05) is 7.11 Å². The van der Waals surface area contributed by atoms with Gasteiger partial charge in [-0.2, -0.15) is 0 Å². The molecule has 10 heteroatoms. The third-order valence-corrected chi connectivity index (χ3v) is 7.58. The fourth-order valence-corrected chi connectivity index (χ4v) is 4.83. The molecule has 1 aromatic carbocycles. The second-order valence-electron chi connectivity index (χ2n) is 7.52. The minimum atomic E-state index is -1.46. The number of hydrogen-bond acceptors (Lipinski definition) is 8. The van der Waals surface area contributed by atoms with Gasteiger partial charge in [0.25, 0.3) is 0 Å². The summed E-state index contributed by atoms with van der Waals surface area (Å²) in [5.74, 6) is -1.67. The van der Waals surface area contributed by atoms with Crippen molar-refractivity contribution in [1.82, 2.24) is 5.32 Å². The summed E-state index contributed by atoms with van der Waals surface area (Å²) in [7, 11) is 1.38. The summed E-state index contributed by atoms with van der Waals surface area (Å²) < 4.78 is 20.1. The van der Waals surface area contributed by atoms with Crippen molar-refractivity contribution >= 4 is 18.0 Å². The molecule has 2 aliphatic rings. The Kier molecular flexibility index (Phi) is 7.22. The van der Waals surface area contributed by atoms with Crippen molar-refractivity contribution in [3.63, 3.8) is 0 Å². The summed E-state index contributed by atoms with van der Waals surface area (Å²) >= 11 is -1.46. The van der Waals surface area contributed by atoms with Crippen LogP contribution in [0, 0.1) is 0 Å². The zero-order valence-electron chi connectivity index (χ0n) is 16.3. The molecule has 0 aliphatic heterocycles. The van der Waals surface area contributed by atoms with Crippen LogP contribution in [0.1, 0.15) is 31.2 Å². The van der Waals surface area contributed by atoms with Crippen LogP contribution in [-0.2, 0) is 19.1 Å². The maximum absolute atomic E-state index is 12.7. The van der Waals surface area contributed by atoms with Gasteiger partial charge in [-0.1, -0.05) is 0 Å². The Morgan fingerprint density at radius 3 is 2.57 bits per heavy atom. The van der Waals surface area contributed by atoms with Gasteiger partial charge < -0.3 is 0 Å². The summed E-state index contributed by atoms with van der Waals surface area (Å²) in [6, 6.07) is 4.18. The van der Waals surface area contributed by atoms with E-state index >= 15 is 0 Å². The van der Waals surface area contributed by atoms with Gasteiger partial charge in [0.05, 0.1) is 0 Å². The van der Waals surface area contributed by atoms with E-state index in [0.29, 0.717) is 5.56 Å². The number of nitrogens with one attached hydrogen (secondary N) is 1. The quantitative estimate of drug-likeness (QED) is 0.0830. The fourth-order valence-electron chi connectivity index (χ4n) is 3.44. The van der Waals surface area contributed by atoms with E-state index in [1.54, 1.807) is 0 Å². The predicted molar refractivity (Wildman–Crippen MR) is 101 cm³/mol. The van der Waals surface area contributed by atoms with Crippen LogP contribution in [0.3, 0.4) is 0 Å². The van der Waals surface area contributed by atoms with Crippen molar-refractivity contribution in [2.45, 2.75) is 53.5 Å². The summed E-state index contributed by atoms with van der Waals surface area (Å²) in [6.07, 6.45) is 2.45. The van der Waals surface area contributed by atoms with Crippen molar-refractivity contribution in [3.8, 4) is 11.5 Å². The number of aromatic hydroxyl groups is 2. The Labute approximate surface area is 184 Å². The topological polar surface area (TPSA) is 146 Å². The Bertz CT molecular complexity index is 827. The number of rotatable bonds is 7. The number of methoxy groups -OCH3 is 1. The molecule has 2 aliphatic carbocycles. The Balaban J connectivity index is 1.72. The number of phenolic OH excluding ortho intramolecular Hbond substituents is 2. The molecular formula is C20H25INO8-. The van der Waals surface area contributed by atoms with Crippen LogP contribution in [0.15, 0.2) is 24.3 Å². The normalized spacial score (nSPS) is 29.1. The minimum absolute atomic E-state index is 0.0175. The van der Waals surface area contributed by atoms with Gasteiger partial charge in [-0.25, -0.2) is 0 Å². The van der Waals surface area contributed by atoms with Crippen LogP contribution in [0.25, 0.3) is 6.08 Å². The standard InChI is InChI=1S/C20H25INO8/c1-29-20(19(27)22-12-4-5-12)9-15(25)18(21-28)16(10-20)30-17(26)7-3-11-2-6-13(23)14(24)8-11/h2-3,6-8,12,15-16,18,23-25,28H,4-5,9-10H2,1H3,(H,22,27)/q-1/b7-3+/t15?,16-,18?,20?/m1/s1. The molecule has 166 valence electrons. The van der Waals surface area contributed by atoms with Crippen LogP contribution >= 0.6 is 0 Å². The van der Waals surface area contributed by atoms with E-state index in [0.717, 1.165) is 18.9 Å². The second kappa shape index (κ2) is 9.50. The molecule has 2 fully saturated rings. The first-order chi connectivity index (χ1) is 14.3. The van der Waals surface area contributed by atoms with Crippen molar-refractivity contribution < 1.29 is 59.4 Å². The Morgan fingerprint density at radius 2 is 1.97 bits per heavy atom. The van der Waals surface area contributed by atoms with Crippen LogP contribution in [-0.4, -0.2) is 65.5 Å². The maximum atomic E-state index is 12.7. The van der Waals surface area contributed by atoms with E-state index in [9.17, 15) is 28.3 Å². The van der Waals surface area contributed by atoms with E-state index in [4.69, 9.17) is 9.47 Å². The number of aliphatic hydroxyl groups excluding tert-OH is 1. The molecule has 1 aromatic rings. The molecule has 5 N–H and O–H groups in total. The summed E-state index contributed by atoms with van der Waals surface area (Å²) in [6.45, 7) is 0. The summed E-state index contributed by atoms with van der Waals surface area (Å²) in [5, 5.41) is 32.3. The SMILES string of the molecule is COC1(C(=O)NC2CC2)CC(O)C([I-]O)[C@H](OC(=O)/C=C/c2ccc(O)c(O)c2)C1. The van der Waals surface area contributed by atoms with Gasteiger partial charge in [0.2, 0.25) is 0 Å². The molecule has 0 spiro atoms. The number of benzene rings is 1. The van der Waals surface area contributed by atoms with E-state index in [1.165, 1.54) is 31.4 Å². The zero-order chi connectivity index (χ0) is 21.9. The van der Waals surface area contributed by atoms with E-state index in [1.807, 2.05) is 0 Å². The molecule has 0 saturated heterocycles. The fraction of sp³-hybridized carbons (Fsp3) is 0.500. The van der Waals surface area contributed by atoms with Gasteiger partial charge in [-0.3, -0.25) is 0 Å². The second-order valence-corrected chi connectivity index (χ2v) is 9.52. The first-order valence-corrected chi connectivity index (χ1v) is 11.7. The molecule has 0 bridgehead atoms. The molecule has 30 heavy (non-hydrogen) atoms. The number of ether oxygens (including phenoxy) is 2. The zero-order valence-corrected chi connectivity index (χ0v) is 18.5. The molecule has 1 amide bonds. The van der Waals surface area contributed by atoms with E-state index in [-0.39, 0.29) is 36.3 Å². The number of hydrogen-bond donors (Lipinski definition) is 5. The van der Waals surface area contributed by atoms with Crippen molar-refractivity contribution in [2.24, 2.45) is 0 Å². The number of carbonyl (C=O) groups is 2. The third-order valence-electron chi connectivity index (χ3n) is 5.30. The molecule has 9 nitrogen and oxygen atoms in total. The third kappa shape index (κ3) is 5.23. The summed E-state index contributed by atoms with van der Waals surface area (Å²) in [5.41, 5.74) is -0.874. The molecule has 0 aromatic heterocycles. The van der Waals surface area contributed by atoms with Gasteiger partial charge in [0, 0.05) is 0 Å². The van der Waals surface area contributed by atoms with Crippen LogP contribution in [0.4, 0.5) is 0 Å². The number of aliphatic hydroxyl groups is 1. The molecule has 4 atom stereocenters.